The molecule has 3 rings (SSSR count). The Labute approximate surface area is 108 Å². The van der Waals surface area contributed by atoms with Crippen molar-refractivity contribution >= 4 is 11.1 Å². The fourth-order valence-corrected chi connectivity index (χ4v) is 2.41. The fraction of sp³-hybridized carbons (Fsp3) is 0.111. The Bertz CT molecular complexity index is 574. The molecule has 0 nitrogen and oxygen atoms in total. The molecule has 0 heteroatoms. The van der Waals surface area contributed by atoms with E-state index in [1.54, 1.807) is 0 Å². The molecule has 0 spiro atoms. The van der Waals surface area contributed by atoms with E-state index < -0.39 is 0 Å². The second kappa shape index (κ2) is 5.05. The molecule has 0 atom stereocenters. The Balaban J connectivity index is 1.95. The van der Waals surface area contributed by atoms with Crippen LogP contribution in [0.5, 0.6) is 0 Å². The van der Waals surface area contributed by atoms with Crippen molar-refractivity contribution < 1.29 is 0 Å². The highest BCUT2D eigenvalue weighted by molar-refractivity contribution is 5.85. The number of allylic oxidation sites excluding steroid dienone is 4. The fourth-order valence-electron chi connectivity index (χ4n) is 2.41. The van der Waals surface area contributed by atoms with Gasteiger partial charge in [0.25, 0.3) is 0 Å². The van der Waals surface area contributed by atoms with Gasteiger partial charge in [-0.25, -0.2) is 0 Å². The summed E-state index contributed by atoms with van der Waals surface area (Å²) in [7, 11) is 0. The lowest BCUT2D eigenvalue weighted by atomic mass is 9.91. The van der Waals surface area contributed by atoms with Crippen molar-refractivity contribution in [3.63, 3.8) is 0 Å². The van der Waals surface area contributed by atoms with Gasteiger partial charge in [0.1, 0.15) is 0 Å². The summed E-state index contributed by atoms with van der Waals surface area (Å²) in [6.07, 6.45) is 6.93. The van der Waals surface area contributed by atoms with Crippen LogP contribution in [0.3, 0.4) is 0 Å². The zero-order valence-electron chi connectivity index (χ0n) is 10.3. The Morgan fingerprint density at radius 3 is 1.94 bits per heavy atom. The molecule has 0 radical (unpaired) electrons. The Morgan fingerprint density at radius 2 is 1.28 bits per heavy atom. The van der Waals surface area contributed by atoms with Crippen LogP contribution < -0.4 is 0 Å². The van der Waals surface area contributed by atoms with Crippen LogP contribution in [-0.2, 0) is 0 Å². The maximum atomic E-state index is 2.34. The third-order valence-electron chi connectivity index (χ3n) is 3.36. The first-order valence-corrected chi connectivity index (χ1v) is 6.45. The van der Waals surface area contributed by atoms with E-state index in [9.17, 15) is 0 Å². The molecule has 2 aromatic rings. The molecule has 0 unspecified atom stereocenters. The first-order chi connectivity index (χ1) is 8.93. The lowest BCUT2D eigenvalue weighted by Gasteiger charge is -2.14. The SMILES string of the molecule is C1=C(c2ccccc2)C=C(c2ccccc2)CC1. The zero-order valence-corrected chi connectivity index (χ0v) is 10.3. The van der Waals surface area contributed by atoms with Gasteiger partial charge in [-0.15, -0.1) is 0 Å². The number of hydrogen-bond acceptors (Lipinski definition) is 0. The van der Waals surface area contributed by atoms with Crippen LogP contribution in [0.2, 0.25) is 0 Å². The number of benzene rings is 2. The molecule has 0 amide bonds. The number of rotatable bonds is 2. The van der Waals surface area contributed by atoms with Crippen LogP contribution in [0.25, 0.3) is 11.1 Å². The molecule has 88 valence electrons. The maximum Gasteiger partial charge on any atom is -0.0187 e. The standard InChI is InChI=1S/C18H16/c1-3-8-15(9-4-1)17-12-7-13-18(14-17)16-10-5-2-6-11-16/h1-6,8-12,14H,7,13H2. The van der Waals surface area contributed by atoms with Gasteiger partial charge in [0.05, 0.1) is 0 Å². The normalized spacial score (nSPS) is 14.9. The highest BCUT2D eigenvalue weighted by Gasteiger charge is 2.08. The van der Waals surface area contributed by atoms with E-state index in [1.807, 2.05) is 0 Å². The van der Waals surface area contributed by atoms with Crippen molar-refractivity contribution in [3.05, 3.63) is 83.9 Å². The van der Waals surface area contributed by atoms with Crippen LogP contribution in [0.15, 0.2) is 72.8 Å². The largest absolute Gasteiger partial charge is 0.0763 e. The molecular formula is C18H16. The molecule has 0 aromatic heterocycles. The Hall–Kier alpha value is -2.08. The van der Waals surface area contributed by atoms with Crippen molar-refractivity contribution in [3.8, 4) is 0 Å². The first-order valence-electron chi connectivity index (χ1n) is 6.45. The van der Waals surface area contributed by atoms with Gasteiger partial charge < -0.3 is 0 Å². The summed E-state index contributed by atoms with van der Waals surface area (Å²) in [5.74, 6) is 0. The molecule has 2 aromatic carbocycles. The van der Waals surface area contributed by atoms with E-state index in [4.69, 9.17) is 0 Å². The monoisotopic (exact) mass is 232 g/mol. The molecular weight excluding hydrogens is 216 g/mol. The van der Waals surface area contributed by atoms with Crippen LogP contribution in [-0.4, -0.2) is 0 Å². The van der Waals surface area contributed by atoms with Gasteiger partial charge in [0.2, 0.25) is 0 Å². The smallest absolute Gasteiger partial charge is 0.0187 e. The predicted octanol–water partition coefficient (Wildman–Crippen LogP) is 4.95. The van der Waals surface area contributed by atoms with Crippen molar-refractivity contribution in [1.82, 2.24) is 0 Å². The van der Waals surface area contributed by atoms with Gasteiger partial charge in [0, 0.05) is 0 Å². The summed E-state index contributed by atoms with van der Waals surface area (Å²) >= 11 is 0. The van der Waals surface area contributed by atoms with Crippen molar-refractivity contribution in [2.45, 2.75) is 12.8 Å². The molecule has 1 aliphatic carbocycles. The van der Waals surface area contributed by atoms with Gasteiger partial charge in [-0.3, -0.25) is 0 Å². The molecule has 1 aliphatic rings. The molecule has 0 fully saturated rings. The highest BCUT2D eigenvalue weighted by atomic mass is 14.1. The second-order valence-electron chi connectivity index (χ2n) is 4.60. The number of hydrogen-bond donors (Lipinski definition) is 0. The topological polar surface area (TPSA) is 0 Å². The quantitative estimate of drug-likeness (QED) is 0.687. The summed E-state index contributed by atoms with van der Waals surface area (Å²) in [6, 6.07) is 21.3. The third kappa shape index (κ3) is 2.28. The first kappa shape index (κ1) is 11.0. The minimum atomic E-state index is 1.13. The summed E-state index contributed by atoms with van der Waals surface area (Å²) in [5, 5.41) is 0. The van der Waals surface area contributed by atoms with Crippen LogP contribution in [0, 0.1) is 0 Å². The molecule has 0 saturated heterocycles. The van der Waals surface area contributed by atoms with E-state index in [2.05, 4.69) is 72.8 Å². The molecule has 0 heterocycles. The van der Waals surface area contributed by atoms with Crippen LogP contribution in [0.4, 0.5) is 0 Å². The summed E-state index contributed by atoms with van der Waals surface area (Å²) < 4.78 is 0. The van der Waals surface area contributed by atoms with E-state index in [0.29, 0.717) is 0 Å². The average molecular weight is 232 g/mol. The lowest BCUT2D eigenvalue weighted by molar-refractivity contribution is 1.06. The van der Waals surface area contributed by atoms with Crippen molar-refractivity contribution in [2.24, 2.45) is 0 Å². The van der Waals surface area contributed by atoms with E-state index >= 15 is 0 Å². The van der Waals surface area contributed by atoms with Gasteiger partial charge in [-0.2, -0.15) is 0 Å². The van der Waals surface area contributed by atoms with Gasteiger partial charge in [0.15, 0.2) is 0 Å². The summed E-state index contributed by atoms with van der Waals surface area (Å²) in [4.78, 5) is 0. The van der Waals surface area contributed by atoms with E-state index in [0.717, 1.165) is 12.8 Å². The average Bonchev–Trinajstić information content (AvgIpc) is 2.49. The summed E-state index contributed by atoms with van der Waals surface area (Å²) in [6.45, 7) is 0. The minimum Gasteiger partial charge on any atom is -0.0763 e. The minimum absolute atomic E-state index is 1.13. The summed E-state index contributed by atoms with van der Waals surface area (Å²) in [5.41, 5.74) is 5.45. The molecule has 0 bridgehead atoms. The zero-order chi connectivity index (χ0) is 12.2. The molecule has 0 aliphatic heterocycles. The van der Waals surface area contributed by atoms with E-state index in [-0.39, 0.29) is 0 Å². The van der Waals surface area contributed by atoms with Crippen molar-refractivity contribution in [1.29, 1.82) is 0 Å². The predicted molar refractivity (Wildman–Crippen MR) is 78.1 cm³/mol. The Morgan fingerprint density at radius 1 is 0.667 bits per heavy atom. The molecule has 18 heavy (non-hydrogen) atoms. The van der Waals surface area contributed by atoms with Gasteiger partial charge >= 0.3 is 0 Å². The lowest BCUT2D eigenvalue weighted by Crippen LogP contribution is -1.92. The van der Waals surface area contributed by atoms with Crippen LogP contribution in [0.1, 0.15) is 24.0 Å². The maximum absolute atomic E-state index is 2.34. The van der Waals surface area contributed by atoms with Crippen LogP contribution >= 0.6 is 0 Å². The molecule has 0 saturated carbocycles. The van der Waals surface area contributed by atoms with Gasteiger partial charge in [-0.05, 0) is 35.1 Å². The molecule has 0 N–H and O–H groups in total. The van der Waals surface area contributed by atoms with Gasteiger partial charge in [-0.1, -0.05) is 72.8 Å². The third-order valence-corrected chi connectivity index (χ3v) is 3.36. The van der Waals surface area contributed by atoms with Crippen molar-refractivity contribution in [2.75, 3.05) is 0 Å². The Kier molecular flexibility index (Phi) is 3.10. The van der Waals surface area contributed by atoms with E-state index in [1.165, 1.54) is 22.3 Å². The highest BCUT2D eigenvalue weighted by Crippen LogP contribution is 2.30. The second-order valence-corrected chi connectivity index (χ2v) is 4.60.